The molecular formula is C15H25ClN4O2. The molecule has 1 aliphatic rings. The Kier molecular flexibility index (Phi) is 7.58. The Balaban J connectivity index is 0.00000242. The van der Waals surface area contributed by atoms with Gasteiger partial charge in [-0.15, -0.1) is 12.4 Å². The van der Waals surface area contributed by atoms with Gasteiger partial charge in [-0.05, 0) is 25.5 Å². The lowest BCUT2D eigenvalue weighted by atomic mass is 10.1. The molecule has 1 unspecified atom stereocenters. The van der Waals surface area contributed by atoms with Crippen molar-refractivity contribution in [3.8, 4) is 0 Å². The van der Waals surface area contributed by atoms with Crippen LogP contribution in [-0.2, 0) is 9.53 Å². The maximum Gasteiger partial charge on any atom is 0.241 e. The molecule has 22 heavy (non-hydrogen) atoms. The summed E-state index contributed by atoms with van der Waals surface area (Å²) in [6, 6.07) is 3.36. The molecule has 124 valence electrons. The van der Waals surface area contributed by atoms with Crippen LogP contribution in [-0.4, -0.2) is 43.2 Å². The van der Waals surface area contributed by atoms with Crippen molar-refractivity contribution in [3.05, 3.63) is 17.8 Å². The van der Waals surface area contributed by atoms with E-state index in [0.717, 1.165) is 49.9 Å². The summed E-state index contributed by atoms with van der Waals surface area (Å²) in [7, 11) is 0. The summed E-state index contributed by atoms with van der Waals surface area (Å²) in [4.78, 5) is 18.7. The van der Waals surface area contributed by atoms with Crippen LogP contribution in [0.15, 0.2) is 12.1 Å². The number of rotatable bonds is 5. The van der Waals surface area contributed by atoms with Gasteiger partial charge in [0.25, 0.3) is 0 Å². The second kappa shape index (κ2) is 8.92. The molecular weight excluding hydrogens is 304 g/mol. The molecule has 1 aromatic rings. The number of halogens is 1. The fraction of sp³-hybridized carbons (Fsp3) is 0.600. The minimum atomic E-state index is -0.465. The predicted molar refractivity (Wildman–Crippen MR) is 90.8 cm³/mol. The standard InChI is InChI=1S/C15H24N4O2.ClH/c1-3-4-12(16)15(20)18-13-5-6-14(17-11(13)2)19-7-9-21-10-8-19;/h5-6,12H,3-4,7-10,16H2,1-2H3,(H,18,20);1H. The molecule has 0 saturated carbocycles. The fourth-order valence-electron chi connectivity index (χ4n) is 2.32. The van der Waals surface area contributed by atoms with E-state index in [2.05, 4.69) is 15.2 Å². The number of aryl methyl sites for hydroxylation is 1. The molecule has 1 amide bonds. The summed E-state index contributed by atoms with van der Waals surface area (Å²) in [6.07, 6.45) is 1.58. The molecule has 1 aliphatic heterocycles. The van der Waals surface area contributed by atoms with Gasteiger partial charge in [0.2, 0.25) is 5.91 Å². The van der Waals surface area contributed by atoms with Crippen LogP contribution in [0.2, 0.25) is 0 Å². The molecule has 0 radical (unpaired) electrons. The molecule has 2 rings (SSSR count). The van der Waals surface area contributed by atoms with Crippen molar-refractivity contribution in [1.82, 2.24) is 4.98 Å². The second-order valence-corrected chi connectivity index (χ2v) is 5.29. The number of pyridine rings is 1. The quantitative estimate of drug-likeness (QED) is 0.860. The van der Waals surface area contributed by atoms with E-state index >= 15 is 0 Å². The van der Waals surface area contributed by atoms with Crippen LogP contribution in [0, 0.1) is 6.92 Å². The van der Waals surface area contributed by atoms with Gasteiger partial charge in [-0.25, -0.2) is 4.98 Å². The van der Waals surface area contributed by atoms with Gasteiger partial charge in [0, 0.05) is 13.1 Å². The van der Waals surface area contributed by atoms with E-state index in [0.29, 0.717) is 6.42 Å². The zero-order chi connectivity index (χ0) is 15.2. The summed E-state index contributed by atoms with van der Waals surface area (Å²) in [5, 5.41) is 2.86. The Bertz CT molecular complexity index is 492. The van der Waals surface area contributed by atoms with Crippen LogP contribution >= 0.6 is 12.4 Å². The number of ether oxygens (including phenoxy) is 1. The zero-order valence-electron chi connectivity index (χ0n) is 13.2. The average molecular weight is 329 g/mol. The Morgan fingerprint density at radius 2 is 2.14 bits per heavy atom. The highest BCUT2D eigenvalue weighted by molar-refractivity contribution is 5.95. The van der Waals surface area contributed by atoms with Crippen molar-refractivity contribution in [2.45, 2.75) is 32.7 Å². The maximum atomic E-state index is 12.0. The predicted octanol–water partition coefficient (Wildman–Crippen LogP) is 1.71. The van der Waals surface area contributed by atoms with Gasteiger partial charge < -0.3 is 20.7 Å². The first-order chi connectivity index (χ1) is 10.1. The van der Waals surface area contributed by atoms with Gasteiger partial charge in [-0.2, -0.15) is 0 Å². The summed E-state index contributed by atoms with van der Waals surface area (Å²) in [5.41, 5.74) is 7.35. The van der Waals surface area contributed by atoms with E-state index < -0.39 is 6.04 Å². The van der Waals surface area contributed by atoms with E-state index in [1.54, 1.807) is 0 Å². The van der Waals surface area contributed by atoms with Gasteiger partial charge in [0.05, 0.1) is 30.6 Å². The van der Waals surface area contributed by atoms with Crippen LogP contribution in [0.5, 0.6) is 0 Å². The smallest absolute Gasteiger partial charge is 0.241 e. The Morgan fingerprint density at radius 1 is 1.45 bits per heavy atom. The number of amides is 1. The molecule has 0 spiro atoms. The van der Waals surface area contributed by atoms with Gasteiger partial charge >= 0.3 is 0 Å². The third-order valence-corrected chi connectivity index (χ3v) is 3.60. The number of carbonyl (C=O) groups excluding carboxylic acids is 1. The van der Waals surface area contributed by atoms with Crippen LogP contribution in [0.25, 0.3) is 0 Å². The topological polar surface area (TPSA) is 80.5 Å². The number of hydrogen-bond acceptors (Lipinski definition) is 5. The third-order valence-electron chi connectivity index (χ3n) is 3.60. The highest BCUT2D eigenvalue weighted by Gasteiger charge is 2.16. The minimum absolute atomic E-state index is 0. The molecule has 7 heteroatoms. The van der Waals surface area contributed by atoms with E-state index in [1.165, 1.54) is 0 Å². The Labute approximate surface area is 137 Å². The van der Waals surface area contributed by atoms with Crippen molar-refractivity contribution in [3.63, 3.8) is 0 Å². The number of aromatic nitrogens is 1. The largest absolute Gasteiger partial charge is 0.378 e. The molecule has 3 N–H and O–H groups in total. The van der Waals surface area contributed by atoms with E-state index in [9.17, 15) is 4.79 Å². The van der Waals surface area contributed by atoms with Crippen LogP contribution in [0.3, 0.4) is 0 Å². The highest BCUT2D eigenvalue weighted by atomic mass is 35.5. The lowest BCUT2D eigenvalue weighted by Gasteiger charge is -2.28. The first kappa shape index (κ1) is 18.7. The SMILES string of the molecule is CCCC(N)C(=O)Nc1ccc(N2CCOCC2)nc1C.Cl. The molecule has 1 fully saturated rings. The van der Waals surface area contributed by atoms with E-state index in [4.69, 9.17) is 10.5 Å². The fourth-order valence-corrected chi connectivity index (χ4v) is 2.32. The summed E-state index contributed by atoms with van der Waals surface area (Å²) >= 11 is 0. The molecule has 1 atom stereocenters. The molecule has 0 aromatic carbocycles. The third kappa shape index (κ3) is 4.83. The van der Waals surface area contributed by atoms with Crippen molar-refractivity contribution in [2.75, 3.05) is 36.5 Å². The maximum absolute atomic E-state index is 12.0. The monoisotopic (exact) mass is 328 g/mol. The Morgan fingerprint density at radius 3 is 2.73 bits per heavy atom. The van der Waals surface area contributed by atoms with Crippen molar-refractivity contribution >= 4 is 29.8 Å². The zero-order valence-corrected chi connectivity index (χ0v) is 14.0. The van der Waals surface area contributed by atoms with Crippen molar-refractivity contribution in [1.29, 1.82) is 0 Å². The number of nitrogens with zero attached hydrogens (tertiary/aromatic N) is 2. The van der Waals surface area contributed by atoms with Crippen LogP contribution < -0.4 is 16.0 Å². The number of hydrogen-bond donors (Lipinski definition) is 2. The minimum Gasteiger partial charge on any atom is -0.378 e. The molecule has 2 heterocycles. The first-order valence-corrected chi connectivity index (χ1v) is 7.48. The van der Waals surface area contributed by atoms with Gasteiger partial charge in [0.15, 0.2) is 0 Å². The number of morpholine rings is 1. The molecule has 1 saturated heterocycles. The lowest BCUT2D eigenvalue weighted by molar-refractivity contribution is -0.117. The van der Waals surface area contributed by atoms with E-state index in [1.807, 2.05) is 26.0 Å². The highest BCUT2D eigenvalue weighted by Crippen LogP contribution is 2.19. The number of carbonyl (C=O) groups is 1. The van der Waals surface area contributed by atoms with Gasteiger partial charge in [-0.1, -0.05) is 13.3 Å². The summed E-state index contributed by atoms with van der Waals surface area (Å²) in [5.74, 6) is 0.771. The van der Waals surface area contributed by atoms with E-state index in [-0.39, 0.29) is 18.3 Å². The van der Waals surface area contributed by atoms with Gasteiger partial charge in [0.1, 0.15) is 5.82 Å². The van der Waals surface area contributed by atoms with Crippen molar-refractivity contribution < 1.29 is 9.53 Å². The van der Waals surface area contributed by atoms with Gasteiger partial charge in [-0.3, -0.25) is 4.79 Å². The molecule has 6 nitrogen and oxygen atoms in total. The van der Waals surface area contributed by atoms with Crippen molar-refractivity contribution in [2.24, 2.45) is 5.73 Å². The lowest BCUT2D eigenvalue weighted by Crippen LogP contribution is -2.37. The normalized spacial score (nSPS) is 15.9. The van der Waals surface area contributed by atoms with Crippen LogP contribution in [0.4, 0.5) is 11.5 Å². The summed E-state index contributed by atoms with van der Waals surface area (Å²) < 4.78 is 5.34. The summed E-state index contributed by atoms with van der Waals surface area (Å²) in [6.45, 7) is 7.05. The average Bonchev–Trinajstić information content (AvgIpc) is 2.50. The number of nitrogens with two attached hydrogens (primary N) is 1. The molecule has 0 bridgehead atoms. The molecule has 1 aromatic heterocycles. The number of anilines is 2. The first-order valence-electron chi connectivity index (χ1n) is 7.48. The van der Waals surface area contributed by atoms with Crippen LogP contribution in [0.1, 0.15) is 25.5 Å². The molecule has 0 aliphatic carbocycles. The Hall–Kier alpha value is -1.37. The number of nitrogens with one attached hydrogen (secondary N) is 1. The second-order valence-electron chi connectivity index (χ2n) is 5.29.